The Labute approximate surface area is 269 Å². The van der Waals surface area contributed by atoms with Gasteiger partial charge in [0.05, 0.1) is 24.8 Å². The number of thioether (sulfide) groups is 1. The van der Waals surface area contributed by atoms with Crippen molar-refractivity contribution in [3.63, 3.8) is 0 Å². The van der Waals surface area contributed by atoms with E-state index in [4.69, 9.17) is 14.8 Å². The number of hydrogen-bond donors (Lipinski definition) is 1. The number of allylic oxidation sites excluding steroid dienone is 1. The number of alkyl halides is 2. The summed E-state index contributed by atoms with van der Waals surface area (Å²) in [5.74, 6) is 13.8. The average Bonchev–Trinajstić information content (AvgIpc) is 3.40. The van der Waals surface area contributed by atoms with Gasteiger partial charge in [-0.3, -0.25) is 4.98 Å². The van der Waals surface area contributed by atoms with Crippen LogP contribution in [0.15, 0.2) is 35.6 Å². The second-order valence-corrected chi connectivity index (χ2v) is 9.47. The third kappa shape index (κ3) is 8.43. The van der Waals surface area contributed by atoms with E-state index in [9.17, 15) is 8.78 Å². The van der Waals surface area contributed by atoms with Crippen molar-refractivity contribution in [2.24, 2.45) is 11.8 Å². The van der Waals surface area contributed by atoms with Crippen molar-refractivity contribution < 1.29 is 69.6 Å². The first-order valence-corrected chi connectivity index (χ1v) is 13.2. The number of hydrogen-bond acceptors (Lipinski definition) is 6. The summed E-state index contributed by atoms with van der Waals surface area (Å²) in [5, 5.41) is 8.01. The van der Waals surface area contributed by atoms with Gasteiger partial charge in [0.25, 0.3) is 6.43 Å². The number of aromatic nitrogens is 2. The maximum Gasteiger partial charge on any atom is 1.00 e. The summed E-state index contributed by atoms with van der Waals surface area (Å²) >= 11 is 1.50. The molecule has 1 saturated heterocycles. The Kier molecular flexibility index (Phi) is 12.4. The van der Waals surface area contributed by atoms with Crippen molar-refractivity contribution in [1.82, 2.24) is 15.3 Å². The molecule has 1 saturated carbocycles. The van der Waals surface area contributed by atoms with Gasteiger partial charge in [-0.05, 0) is 42.9 Å². The molecule has 0 bridgehead atoms. The van der Waals surface area contributed by atoms with Crippen LogP contribution in [0.4, 0.5) is 14.5 Å². The van der Waals surface area contributed by atoms with Crippen LogP contribution in [-0.2, 0) is 4.74 Å². The van der Waals surface area contributed by atoms with Crippen molar-refractivity contribution in [3.8, 4) is 40.6 Å². The molecule has 2 fully saturated rings. The van der Waals surface area contributed by atoms with Crippen LogP contribution in [-0.4, -0.2) is 35.8 Å². The monoisotopic (exact) mass is 562 g/mol. The summed E-state index contributed by atoms with van der Waals surface area (Å²) < 4.78 is 37.8. The SMILES string of the molecule is CC.COc1cnc(C(F)F)cc1-c1cc(C#CC2CCOC2)ncc1[N-]C1NC=C(C#CC2CC2)S1.[K+]. The van der Waals surface area contributed by atoms with Gasteiger partial charge >= 0.3 is 51.4 Å². The predicted molar refractivity (Wildman–Crippen MR) is 142 cm³/mol. The molecule has 3 aliphatic rings. The minimum absolute atomic E-state index is 0. The molecule has 0 spiro atoms. The van der Waals surface area contributed by atoms with Crippen LogP contribution in [0.3, 0.4) is 0 Å². The van der Waals surface area contributed by atoms with Crippen LogP contribution in [0.2, 0.25) is 0 Å². The molecule has 38 heavy (non-hydrogen) atoms. The van der Waals surface area contributed by atoms with E-state index in [1.54, 1.807) is 12.3 Å². The molecule has 4 heterocycles. The molecule has 1 N–H and O–H groups in total. The van der Waals surface area contributed by atoms with Crippen LogP contribution in [0.1, 0.15) is 50.9 Å². The van der Waals surface area contributed by atoms with E-state index in [-0.39, 0.29) is 68.5 Å². The number of rotatable bonds is 5. The van der Waals surface area contributed by atoms with Crippen LogP contribution in [0.5, 0.6) is 5.75 Å². The number of ether oxygens (including phenoxy) is 2. The Morgan fingerprint density at radius 2 is 1.87 bits per heavy atom. The van der Waals surface area contributed by atoms with Crippen molar-refractivity contribution in [2.75, 3.05) is 20.3 Å². The number of halogens is 2. The molecule has 2 atom stereocenters. The molecule has 0 aromatic carbocycles. The van der Waals surface area contributed by atoms with E-state index in [1.807, 2.05) is 20.0 Å². The zero-order valence-corrected chi connectivity index (χ0v) is 26.0. The molecule has 0 radical (unpaired) electrons. The normalized spacial score (nSPS) is 19.4. The maximum absolute atomic E-state index is 13.5. The summed E-state index contributed by atoms with van der Waals surface area (Å²) in [6, 6.07) is 3.09. The maximum atomic E-state index is 13.5. The van der Waals surface area contributed by atoms with Crippen LogP contribution < -0.4 is 61.4 Å². The summed E-state index contributed by atoms with van der Waals surface area (Å²) in [7, 11) is 1.48. The van der Waals surface area contributed by atoms with Crippen LogP contribution in [0, 0.1) is 35.5 Å². The minimum atomic E-state index is -2.72. The Morgan fingerprint density at radius 3 is 2.55 bits per heavy atom. The second kappa shape index (κ2) is 15.2. The van der Waals surface area contributed by atoms with Gasteiger partial charge in [0.2, 0.25) is 0 Å². The van der Waals surface area contributed by atoms with Gasteiger partial charge < -0.3 is 20.1 Å². The Hall–Kier alpha value is -1.63. The molecule has 10 heteroatoms. The van der Waals surface area contributed by atoms with Crippen molar-refractivity contribution >= 4 is 17.4 Å². The predicted octanol–water partition coefficient (Wildman–Crippen LogP) is 3.39. The van der Waals surface area contributed by atoms with Crippen molar-refractivity contribution in [3.05, 3.63) is 52.3 Å². The number of nitrogens with zero attached hydrogens (tertiary/aromatic N) is 3. The van der Waals surface area contributed by atoms with Crippen LogP contribution in [0.25, 0.3) is 16.4 Å². The summed E-state index contributed by atoms with van der Waals surface area (Å²) in [6.45, 7) is 5.31. The van der Waals surface area contributed by atoms with Crippen molar-refractivity contribution in [1.29, 1.82) is 0 Å². The molecule has 2 aromatic heterocycles. The summed E-state index contributed by atoms with van der Waals surface area (Å²) in [4.78, 5) is 9.22. The molecule has 2 aliphatic heterocycles. The first-order valence-electron chi connectivity index (χ1n) is 12.4. The third-order valence-electron chi connectivity index (χ3n) is 5.67. The fraction of sp³-hybridized carbons (Fsp3) is 0.429. The van der Waals surface area contributed by atoms with Gasteiger partial charge in [0.15, 0.2) is 0 Å². The number of nitrogens with one attached hydrogen (secondary N) is 1. The topological polar surface area (TPSA) is 70.4 Å². The summed E-state index contributed by atoms with van der Waals surface area (Å²) in [6.07, 6.45) is 5.27. The fourth-order valence-electron chi connectivity index (χ4n) is 3.60. The van der Waals surface area contributed by atoms with Gasteiger partial charge in [-0.15, -0.1) is 17.4 Å². The molecule has 1 aliphatic carbocycles. The molecular formula is C28H29F2KN4O2S. The first-order chi connectivity index (χ1) is 18.1. The Bertz CT molecular complexity index is 1260. The average molecular weight is 563 g/mol. The zero-order chi connectivity index (χ0) is 26.2. The molecule has 194 valence electrons. The van der Waals surface area contributed by atoms with E-state index in [0.717, 1.165) is 11.3 Å². The van der Waals surface area contributed by atoms with Gasteiger partial charge in [-0.2, -0.15) is 0 Å². The van der Waals surface area contributed by atoms with E-state index in [1.165, 1.54) is 44.0 Å². The summed E-state index contributed by atoms with van der Waals surface area (Å²) in [5.41, 5.74) is 1.44. The van der Waals surface area contributed by atoms with Gasteiger partial charge in [-0.25, -0.2) is 13.8 Å². The molecule has 6 nitrogen and oxygen atoms in total. The zero-order valence-electron chi connectivity index (χ0n) is 22.1. The van der Waals surface area contributed by atoms with Gasteiger partial charge in [-0.1, -0.05) is 31.6 Å². The van der Waals surface area contributed by atoms with E-state index < -0.39 is 6.43 Å². The fourth-order valence-corrected chi connectivity index (χ4v) is 4.40. The Balaban J connectivity index is 0.00000130. The smallest absolute Gasteiger partial charge is 0.655 e. The minimum Gasteiger partial charge on any atom is -0.655 e. The first kappa shape index (κ1) is 30.9. The largest absolute Gasteiger partial charge is 1.00 e. The van der Waals surface area contributed by atoms with Gasteiger partial charge in [0.1, 0.15) is 17.1 Å². The molecule has 2 aromatic rings. The second-order valence-electron chi connectivity index (χ2n) is 8.34. The van der Waals surface area contributed by atoms with E-state index >= 15 is 0 Å². The van der Waals surface area contributed by atoms with E-state index in [2.05, 4.69) is 39.0 Å². The molecular weight excluding hydrogens is 533 g/mol. The Morgan fingerprint density at radius 1 is 1.08 bits per heavy atom. The number of methoxy groups -OCH3 is 1. The number of pyridine rings is 2. The molecule has 5 rings (SSSR count). The van der Waals surface area contributed by atoms with E-state index in [0.29, 0.717) is 47.4 Å². The molecule has 0 amide bonds. The van der Waals surface area contributed by atoms with Crippen LogP contribution >= 0.6 is 11.8 Å². The quantitative estimate of drug-likeness (QED) is 0.445. The van der Waals surface area contributed by atoms with Gasteiger partial charge in [0, 0.05) is 41.9 Å². The third-order valence-corrected chi connectivity index (χ3v) is 6.61. The van der Waals surface area contributed by atoms with Crippen molar-refractivity contribution in [2.45, 2.75) is 45.0 Å². The standard InChI is InChI=1S/C26H23F2N4O2S.C2H6.K/c1-33-24-14-30-22(25(27)28)11-21(24)20-10-18(6-4-17-8-9-34-15-17)29-13-23(20)32-26-31-12-19(35-26)7-5-16-2-3-16;1-2;/h10-14,16-17,25-26,31H,2-3,8-9,15H2,1H3;1-2H3;/q-1;;+1. The molecule has 2 unspecified atom stereocenters.